The van der Waals surface area contributed by atoms with Gasteiger partial charge < -0.3 is 20.0 Å². The number of nitrogens with zero attached hydrogens (tertiary/aromatic N) is 1. The van der Waals surface area contributed by atoms with Crippen molar-refractivity contribution in [2.45, 2.75) is 26.2 Å². The number of furan rings is 1. The van der Waals surface area contributed by atoms with Gasteiger partial charge >= 0.3 is 0 Å². The number of para-hydroxylation sites is 1. The number of hydrogen-bond donors (Lipinski definition) is 3. The van der Waals surface area contributed by atoms with Crippen LogP contribution in [0.3, 0.4) is 0 Å². The second-order valence-corrected chi connectivity index (χ2v) is 6.05. The molecule has 0 aliphatic rings. The van der Waals surface area contributed by atoms with Crippen LogP contribution in [0.25, 0.3) is 10.9 Å². The number of aliphatic imine (C=N–C) groups is 1. The number of hydrogen-bond acceptors (Lipinski definition) is 2. The Morgan fingerprint density at radius 3 is 2.62 bits per heavy atom. The molecule has 3 rings (SSSR count). The average molecular weight is 466 g/mol. The van der Waals surface area contributed by atoms with Gasteiger partial charge in [-0.2, -0.15) is 0 Å². The summed E-state index contributed by atoms with van der Waals surface area (Å²) in [5.41, 5.74) is 2.42. The molecule has 0 amide bonds. The van der Waals surface area contributed by atoms with Gasteiger partial charge in [0.1, 0.15) is 5.76 Å². The molecule has 0 radical (unpaired) electrons. The minimum absolute atomic E-state index is 0. The maximum atomic E-state index is 5.36. The van der Waals surface area contributed by atoms with Gasteiger partial charge in [-0.25, -0.2) is 0 Å². The zero-order valence-corrected chi connectivity index (χ0v) is 17.5. The Labute approximate surface area is 171 Å². The summed E-state index contributed by atoms with van der Waals surface area (Å²) in [5.74, 6) is 1.85. The van der Waals surface area contributed by atoms with E-state index in [0.29, 0.717) is 0 Å². The lowest BCUT2D eigenvalue weighted by molar-refractivity contribution is 0.506. The quantitative estimate of drug-likeness (QED) is 0.266. The molecule has 0 saturated carbocycles. The molecule has 2 heterocycles. The first kappa shape index (κ1) is 20.4. The fourth-order valence-corrected chi connectivity index (χ4v) is 2.74. The molecule has 140 valence electrons. The van der Waals surface area contributed by atoms with Crippen molar-refractivity contribution in [2.24, 2.45) is 4.99 Å². The highest BCUT2D eigenvalue weighted by Gasteiger charge is 2.02. The van der Waals surface area contributed by atoms with Crippen LogP contribution in [-0.4, -0.2) is 30.6 Å². The minimum atomic E-state index is 0. The molecule has 0 aliphatic heterocycles. The van der Waals surface area contributed by atoms with Crippen molar-refractivity contribution in [1.82, 2.24) is 15.6 Å². The minimum Gasteiger partial charge on any atom is -0.469 e. The van der Waals surface area contributed by atoms with Gasteiger partial charge in [-0.15, -0.1) is 24.0 Å². The lowest BCUT2D eigenvalue weighted by atomic mass is 10.2. The number of benzene rings is 1. The van der Waals surface area contributed by atoms with E-state index in [9.17, 15) is 0 Å². The van der Waals surface area contributed by atoms with Crippen molar-refractivity contribution < 1.29 is 4.42 Å². The van der Waals surface area contributed by atoms with Crippen molar-refractivity contribution >= 4 is 40.8 Å². The average Bonchev–Trinajstić information content (AvgIpc) is 3.28. The fraction of sp³-hybridized carbons (Fsp3) is 0.350. The molecule has 0 atom stereocenters. The van der Waals surface area contributed by atoms with Crippen molar-refractivity contribution in [3.05, 3.63) is 60.2 Å². The molecule has 0 fully saturated rings. The lowest BCUT2D eigenvalue weighted by Crippen LogP contribution is -2.39. The van der Waals surface area contributed by atoms with E-state index in [2.05, 4.69) is 57.9 Å². The predicted octanol–water partition coefficient (Wildman–Crippen LogP) is 4.11. The van der Waals surface area contributed by atoms with Gasteiger partial charge in [0.2, 0.25) is 0 Å². The van der Waals surface area contributed by atoms with Gasteiger partial charge in [0.15, 0.2) is 5.96 Å². The third-order valence-electron chi connectivity index (χ3n) is 4.01. The van der Waals surface area contributed by atoms with E-state index in [1.54, 1.807) is 6.26 Å². The maximum absolute atomic E-state index is 5.36. The number of fused-ring (bicyclic) bond motifs is 1. The maximum Gasteiger partial charge on any atom is 0.191 e. The molecule has 0 saturated heterocycles. The van der Waals surface area contributed by atoms with E-state index in [4.69, 9.17) is 4.42 Å². The highest BCUT2D eigenvalue weighted by molar-refractivity contribution is 14.0. The normalized spacial score (nSPS) is 11.3. The van der Waals surface area contributed by atoms with Gasteiger partial charge in [-0.3, -0.25) is 4.99 Å². The van der Waals surface area contributed by atoms with Gasteiger partial charge in [-0.1, -0.05) is 25.1 Å². The molecule has 5 nitrogen and oxygen atoms in total. The summed E-state index contributed by atoms with van der Waals surface area (Å²) in [6.07, 6.45) is 4.52. The zero-order chi connectivity index (χ0) is 17.3. The summed E-state index contributed by atoms with van der Waals surface area (Å²) in [6, 6.07) is 14.5. The fourth-order valence-electron chi connectivity index (χ4n) is 2.74. The Morgan fingerprint density at radius 2 is 1.88 bits per heavy atom. The molecule has 2 aromatic heterocycles. The molecule has 26 heavy (non-hydrogen) atoms. The Kier molecular flexibility index (Phi) is 8.53. The molecular weight excluding hydrogens is 439 g/mol. The second-order valence-electron chi connectivity index (χ2n) is 6.05. The number of halogens is 1. The van der Waals surface area contributed by atoms with Crippen LogP contribution in [0.4, 0.5) is 0 Å². The number of aromatic amines is 1. The highest BCUT2D eigenvalue weighted by atomic mass is 127. The second kappa shape index (κ2) is 10.9. The van der Waals surface area contributed by atoms with Crippen LogP contribution in [0.15, 0.2) is 58.1 Å². The predicted molar refractivity (Wildman–Crippen MR) is 118 cm³/mol. The molecule has 3 N–H and O–H groups in total. The standard InChI is InChI=1S/C20H26N4O.HI/c1-2-11-21-20(23-13-10-18-7-5-14-25-18)22-12-9-17-15-16-6-3-4-8-19(16)24-17;/h3-8,14-15,24H,2,9-13H2,1H3,(H2,21,22,23);1H. The molecule has 0 unspecified atom stereocenters. The van der Waals surface area contributed by atoms with Crippen LogP contribution in [-0.2, 0) is 12.8 Å². The van der Waals surface area contributed by atoms with Crippen LogP contribution in [0.5, 0.6) is 0 Å². The zero-order valence-electron chi connectivity index (χ0n) is 15.1. The van der Waals surface area contributed by atoms with E-state index in [1.807, 2.05) is 12.1 Å². The Hall–Kier alpha value is -1.96. The number of H-pyrrole nitrogens is 1. The van der Waals surface area contributed by atoms with Crippen LogP contribution in [0.2, 0.25) is 0 Å². The Morgan fingerprint density at radius 1 is 1.08 bits per heavy atom. The summed E-state index contributed by atoms with van der Waals surface area (Å²) >= 11 is 0. The lowest BCUT2D eigenvalue weighted by Gasteiger charge is -2.11. The summed E-state index contributed by atoms with van der Waals surface area (Å²) in [6.45, 7) is 4.59. The van der Waals surface area contributed by atoms with E-state index in [0.717, 1.165) is 50.6 Å². The molecule has 0 spiro atoms. The molecule has 0 bridgehead atoms. The van der Waals surface area contributed by atoms with Crippen LogP contribution < -0.4 is 10.6 Å². The van der Waals surface area contributed by atoms with Crippen LogP contribution in [0.1, 0.15) is 24.8 Å². The number of aromatic nitrogens is 1. The third kappa shape index (κ3) is 6.09. The van der Waals surface area contributed by atoms with E-state index in [1.165, 1.54) is 16.6 Å². The molecular formula is C20H27IN4O. The van der Waals surface area contributed by atoms with Crippen molar-refractivity contribution in [3.63, 3.8) is 0 Å². The smallest absolute Gasteiger partial charge is 0.191 e. The number of rotatable bonds is 8. The van der Waals surface area contributed by atoms with Crippen molar-refractivity contribution in [3.8, 4) is 0 Å². The number of guanidine groups is 1. The van der Waals surface area contributed by atoms with Crippen molar-refractivity contribution in [2.75, 3.05) is 19.6 Å². The number of nitrogens with one attached hydrogen (secondary N) is 3. The Bertz CT molecular complexity index is 762. The summed E-state index contributed by atoms with van der Waals surface area (Å²) in [4.78, 5) is 8.05. The summed E-state index contributed by atoms with van der Waals surface area (Å²) in [5, 5.41) is 8.05. The van der Waals surface area contributed by atoms with Gasteiger partial charge in [0, 0.05) is 43.7 Å². The largest absolute Gasteiger partial charge is 0.469 e. The summed E-state index contributed by atoms with van der Waals surface area (Å²) in [7, 11) is 0. The highest BCUT2D eigenvalue weighted by Crippen LogP contribution is 2.14. The monoisotopic (exact) mass is 466 g/mol. The van der Waals surface area contributed by atoms with Gasteiger partial charge in [0.05, 0.1) is 6.26 Å². The molecule has 3 aromatic rings. The SMILES string of the molecule is CCCN=C(NCCc1cc2ccccc2[nH]1)NCCc1ccco1.I. The van der Waals surface area contributed by atoms with E-state index >= 15 is 0 Å². The molecule has 1 aromatic carbocycles. The summed E-state index contributed by atoms with van der Waals surface area (Å²) < 4.78 is 5.36. The first-order valence-corrected chi connectivity index (χ1v) is 8.96. The van der Waals surface area contributed by atoms with Crippen molar-refractivity contribution in [1.29, 1.82) is 0 Å². The van der Waals surface area contributed by atoms with Gasteiger partial charge in [-0.05, 0) is 36.1 Å². The first-order chi connectivity index (χ1) is 12.3. The van der Waals surface area contributed by atoms with E-state index in [-0.39, 0.29) is 24.0 Å². The topological polar surface area (TPSA) is 65.3 Å². The van der Waals surface area contributed by atoms with Crippen LogP contribution in [0, 0.1) is 0 Å². The molecule has 0 aliphatic carbocycles. The Balaban J connectivity index is 0.00000243. The third-order valence-corrected chi connectivity index (χ3v) is 4.01. The first-order valence-electron chi connectivity index (χ1n) is 8.96. The molecule has 6 heteroatoms. The van der Waals surface area contributed by atoms with Crippen LogP contribution >= 0.6 is 24.0 Å². The van der Waals surface area contributed by atoms with E-state index < -0.39 is 0 Å². The van der Waals surface area contributed by atoms with Gasteiger partial charge in [0.25, 0.3) is 0 Å².